The van der Waals surface area contributed by atoms with Crippen molar-refractivity contribution in [3.63, 3.8) is 0 Å². The Morgan fingerprint density at radius 3 is 2.45 bits per heavy atom. The molecule has 0 radical (unpaired) electrons. The molecule has 1 saturated heterocycles. The predicted molar refractivity (Wildman–Crippen MR) is 133 cm³/mol. The van der Waals surface area contributed by atoms with E-state index in [2.05, 4.69) is 20.3 Å². The number of hydrogen-bond donors (Lipinski definition) is 2. The Morgan fingerprint density at radius 1 is 1.21 bits per heavy atom. The number of nitrogens with two attached hydrogens (primary N) is 2. The molecule has 8 nitrogen and oxygen atoms in total. The molecule has 1 amide bonds. The number of likely N-dealkylation sites (N-methyl/N-ethyl adjacent to an activating group) is 1. The van der Waals surface area contributed by atoms with Crippen LogP contribution >= 0.6 is 0 Å². The van der Waals surface area contributed by atoms with Gasteiger partial charge in [0, 0.05) is 26.0 Å². The van der Waals surface area contributed by atoms with Gasteiger partial charge in [0.05, 0.1) is 18.2 Å². The Bertz CT molecular complexity index is 1070. The van der Waals surface area contributed by atoms with E-state index in [1.54, 1.807) is 7.05 Å². The number of aliphatic imine (C=N–C) groups is 1. The highest BCUT2D eigenvalue weighted by Crippen LogP contribution is 2.35. The molecule has 4 N–H and O–H groups in total. The summed E-state index contributed by atoms with van der Waals surface area (Å²) in [5.41, 5.74) is 12.7. The smallest absolute Gasteiger partial charge is 0.260 e. The standard InChI is InChI=1S/C24H36N6O2S/c1-27-15-20(14-25)30(19-8-5-11-29(2)16-19)33(26,32)28-24(31)13-23-21-9-3-6-17(21)12-18-7-4-10-22(18)23/h12,14-15,19H,3-11,13,16,25H2,1-2H3,(H2,26,28,31,32)/b20-14+,27-15?. The van der Waals surface area contributed by atoms with Crippen LogP contribution < -0.4 is 10.9 Å². The molecule has 0 aromatic heterocycles. The van der Waals surface area contributed by atoms with Crippen LogP contribution in [0.1, 0.15) is 53.5 Å². The van der Waals surface area contributed by atoms with Crippen LogP contribution in [-0.4, -0.2) is 58.8 Å². The van der Waals surface area contributed by atoms with Gasteiger partial charge in [-0.15, -0.1) is 4.36 Å². The lowest BCUT2D eigenvalue weighted by Crippen LogP contribution is -2.51. The lowest BCUT2D eigenvalue weighted by Gasteiger charge is -2.39. The summed E-state index contributed by atoms with van der Waals surface area (Å²) < 4.78 is 19.4. The molecule has 0 saturated carbocycles. The largest absolute Gasteiger partial charge is 0.403 e. The highest BCUT2D eigenvalue weighted by Gasteiger charge is 2.32. The van der Waals surface area contributed by atoms with E-state index in [1.807, 2.05) is 7.05 Å². The maximum Gasteiger partial charge on any atom is 0.260 e. The van der Waals surface area contributed by atoms with Gasteiger partial charge in [-0.05, 0) is 92.8 Å². The lowest BCUT2D eigenvalue weighted by atomic mass is 9.92. The molecule has 1 heterocycles. The number of benzene rings is 1. The second-order valence-corrected chi connectivity index (χ2v) is 11.1. The fraction of sp³-hybridized carbons (Fsp3) is 0.583. The molecule has 4 rings (SSSR count). The number of rotatable bonds is 6. The molecule has 9 heteroatoms. The number of hydrogen-bond acceptors (Lipinski definition) is 5. The number of carbonyl (C=O) groups excluding carboxylic acids is 1. The first-order valence-electron chi connectivity index (χ1n) is 11.9. The van der Waals surface area contributed by atoms with E-state index >= 15 is 0 Å². The molecule has 2 atom stereocenters. The first-order chi connectivity index (χ1) is 15.8. The van der Waals surface area contributed by atoms with Gasteiger partial charge in [-0.3, -0.25) is 14.1 Å². The third kappa shape index (κ3) is 5.00. The zero-order valence-electron chi connectivity index (χ0n) is 19.8. The Hall–Kier alpha value is -2.23. The highest BCUT2D eigenvalue weighted by molar-refractivity contribution is 7.89. The molecule has 3 aliphatic rings. The summed E-state index contributed by atoms with van der Waals surface area (Å²) in [6, 6.07) is 2.17. The van der Waals surface area contributed by atoms with Gasteiger partial charge < -0.3 is 10.6 Å². The van der Waals surface area contributed by atoms with Crippen LogP contribution in [0.2, 0.25) is 0 Å². The average Bonchev–Trinajstić information content (AvgIpc) is 3.42. The lowest BCUT2D eigenvalue weighted by molar-refractivity contribution is -0.117. The summed E-state index contributed by atoms with van der Waals surface area (Å²) in [7, 11) is 0.0982. The van der Waals surface area contributed by atoms with Gasteiger partial charge in [-0.1, -0.05) is 6.07 Å². The van der Waals surface area contributed by atoms with Crippen LogP contribution in [0.15, 0.2) is 27.3 Å². The summed E-state index contributed by atoms with van der Waals surface area (Å²) in [4.78, 5) is 19.4. The van der Waals surface area contributed by atoms with Crippen LogP contribution in [0, 0.1) is 0 Å². The van der Waals surface area contributed by atoms with E-state index in [1.165, 1.54) is 39.0 Å². The topological polar surface area (TPSA) is 117 Å². The quantitative estimate of drug-likeness (QED) is 0.615. The van der Waals surface area contributed by atoms with Crippen LogP contribution in [-0.2, 0) is 47.0 Å². The van der Waals surface area contributed by atoms with Gasteiger partial charge in [-0.2, -0.15) is 0 Å². The van der Waals surface area contributed by atoms with Crippen LogP contribution in [0.25, 0.3) is 0 Å². The molecule has 1 aromatic rings. The van der Waals surface area contributed by atoms with Gasteiger partial charge in [0.2, 0.25) is 10.1 Å². The van der Waals surface area contributed by atoms with Crippen molar-refractivity contribution in [2.24, 2.45) is 20.2 Å². The van der Waals surface area contributed by atoms with Crippen LogP contribution in [0.3, 0.4) is 0 Å². The number of aryl methyl sites for hydroxylation is 2. The van der Waals surface area contributed by atoms with E-state index < -0.39 is 16.0 Å². The minimum absolute atomic E-state index is 0.154. The number of amides is 1. The van der Waals surface area contributed by atoms with Crippen LogP contribution in [0.4, 0.5) is 0 Å². The third-order valence-corrected chi connectivity index (χ3v) is 8.60. The summed E-state index contributed by atoms with van der Waals surface area (Å²) >= 11 is 0. The fourth-order valence-electron chi connectivity index (χ4n) is 5.73. The number of piperidine rings is 1. The third-order valence-electron chi connectivity index (χ3n) is 7.06. The van der Waals surface area contributed by atoms with E-state index in [-0.39, 0.29) is 12.5 Å². The van der Waals surface area contributed by atoms with E-state index in [0.29, 0.717) is 12.2 Å². The Balaban J connectivity index is 1.68. The van der Waals surface area contributed by atoms with Gasteiger partial charge in [-0.25, -0.2) is 9.35 Å². The number of likely N-dealkylation sites (tertiary alicyclic amines) is 1. The Kier molecular flexibility index (Phi) is 7.21. The zero-order chi connectivity index (χ0) is 23.6. The summed E-state index contributed by atoms with van der Waals surface area (Å²) in [5, 5.41) is 6.31. The minimum atomic E-state index is -3.53. The number of fused-ring (bicyclic) bond motifs is 2. The van der Waals surface area contributed by atoms with Crippen molar-refractivity contribution in [3.8, 4) is 0 Å². The SMILES string of the molecule is CN=C/C(=C\N)N(C1CCCN(C)C1)S(N)(=O)=NC(=O)Cc1c2c(cc3c1CCC3)CCC2. The maximum atomic E-state index is 13.8. The van der Waals surface area contributed by atoms with Crippen molar-refractivity contribution in [1.29, 1.82) is 0 Å². The maximum absolute atomic E-state index is 13.8. The number of nitrogens with zero attached hydrogens (tertiary/aromatic N) is 4. The first-order valence-corrected chi connectivity index (χ1v) is 13.4. The number of allylic oxidation sites excluding steroid dienone is 1. The molecule has 0 bridgehead atoms. The molecule has 2 aliphatic carbocycles. The molecule has 1 fully saturated rings. The second-order valence-electron chi connectivity index (χ2n) is 9.40. The van der Waals surface area contributed by atoms with E-state index in [4.69, 9.17) is 10.9 Å². The van der Waals surface area contributed by atoms with Crippen molar-refractivity contribution in [2.45, 2.75) is 63.8 Å². The predicted octanol–water partition coefficient (Wildman–Crippen LogP) is 1.89. The van der Waals surface area contributed by atoms with Crippen LogP contribution in [0.5, 0.6) is 0 Å². The Morgan fingerprint density at radius 2 is 1.88 bits per heavy atom. The molecule has 180 valence electrons. The van der Waals surface area contributed by atoms with Gasteiger partial charge in [0.25, 0.3) is 5.91 Å². The monoisotopic (exact) mass is 472 g/mol. The van der Waals surface area contributed by atoms with E-state index in [0.717, 1.165) is 63.5 Å². The van der Waals surface area contributed by atoms with Gasteiger partial charge in [0.15, 0.2) is 0 Å². The molecule has 2 unspecified atom stereocenters. The van der Waals surface area contributed by atoms with Gasteiger partial charge >= 0.3 is 0 Å². The van der Waals surface area contributed by atoms with Crippen molar-refractivity contribution >= 4 is 22.2 Å². The van der Waals surface area contributed by atoms with Crippen molar-refractivity contribution in [2.75, 3.05) is 27.2 Å². The molecular weight excluding hydrogens is 436 g/mol. The minimum Gasteiger partial charge on any atom is -0.403 e. The second kappa shape index (κ2) is 9.95. The summed E-state index contributed by atoms with van der Waals surface area (Å²) in [6.45, 7) is 1.62. The first kappa shape index (κ1) is 23.9. The summed E-state index contributed by atoms with van der Waals surface area (Å²) in [6.07, 6.45) is 11.1. The summed E-state index contributed by atoms with van der Waals surface area (Å²) in [5.74, 6) is -0.434. The molecule has 0 spiro atoms. The van der Waals surface area contributed by atoms with Gasteiger partial charge in [0.1, 0.15) is 0 Å². The fourth-order valence-corrected chi connectivity index (χ4v) is 7.19. The average molecular weight is 473 g/mol. The molecule has 33 heavy (non-hydrogen) atoms. The zero-order valence-corrected chi connectivity index (χ0v) is 20.6. The Labute approximate surface area is 197 Å². The molecule has 1 aromatic carbocycles. The number of carbonyl (C=O) groups is 1. The normalized spacial score (nSPS) is 22.8. The highest BCUT2D eigenvalue weighted by atomic mass is 32.2. The van der Waals surface area contributed by atoms with Crippen molar-refractivity contribution in [3.05, 3.63) is 45.8 Å². The van der Waals surface area contributed by atoms with Crippen molar-refractivity contribution in [1.82, 2.24) is 9.21 Å². The molecular formula is C24H36N6O2S. The van der Waals surface area contributed by atoms with Crippen molar-refractivity contribution < 1.29 is 9.00 Å². The van der Waals surface area contributed by atoms with E-state index in [9.17, 15) is 9.00 Å². The molecule has 1 aliphatic heterocycles.